The zero-order chi connectivity index (χ0) is 18.8. The zero-order valence-corrected chi connectivity index (χ0v) is 13.8. The van der Waals surface area contributed by atoms with Crippen LogP contribution in [0.5, 0.6) is 11.5 Å². The van der Waals surface area contributed by atoms with E-state index in [4.69, 9.17) is 21.9 Å². The Morgan fingerprint density at radius 3 is 2.72 bits per heavy atom. The van der Waals surface area contributed by atoms with Gasteiger partial charge in [-0.05, 0) is 36.6 Å². The van der Waals surface area contributed by atoms with E-state index in [1.807, 2.05) is 0 Å². The molecule has 25 heavy (non-hydrogen) atoms. The van der Waals surface area contributed by atoms with Crippen LogP contribution in [0.2, 0.25) is 0 Å². The molecular weight excluding hydrogens is 328 g/mol. The van der Waals surface area contributed by atoms with E-state index in [1.54, 1.807) is 6.07 Å². The molecule has 1 atom stereocenters. The molecule has 1 aromatic rings. The van der Waals surface area contributed by atoms with Crippen molar-refractivity contribution in [2.75, 3.05) is 13.7 Å². The van der Waals surface area contributed by atoms with Crippen LogP contribution in [0.4, 0.5) is 0 Å². The van der Waals surface area contributed by atoms with Crippen molar-refractivity contribution >= 4 is 24.0 Å². The summed E-state index contributed by atoms with van der Waals surface area (Å²) < 4.78 is 9.59. The smallest absolute Gasteiger partial charge is 0.338 e. The van der Waals surface area contributed by atoms with Gasteiger partial charge in [-0.1, -0.05) is 6.07 Å². The molecule has 0 aliphatic rings. The second-order valence-electron chi connectivity index (χ2n) is 5.06. The van der Waals surface area contributed by atoms with Crippen molar-refractivity contribution in [3.63, 3.8) is 0 Å². The average Bonchev–Trinajstić information content (AvgIpc) is 2.57. The van der Waals surface area contributed by atoms with Gasteiger partial charge in [0.25, 0.3) is 0 Å². The first-order valence-electron chi connectivity index (χ1n) is 7.45. The summed E-state index contributed by atoms with van der Waals surface area (Å²) >= 11 is 0. The lowest BCUT2D eigenvalue weighted by molar-refractivity contribution is -0.157. The molecule has 0 radical (unpaired) electrons. The first-order chi connectivity index (χ1) is 11.8. The number of nitrogens with two attached hydrogens (primary N) is 3. The van der Waals surface area contributed by atoms with E-state index in [1.165, 1.54) is 25.3 Å². The number of methoxy groups -OCH3 is 1. The number of guanidine groups is 1. The Labute approximate surface area is 145 Å². The van der Waals surface area contributed by atoms with E-state index in [0.29, 0.717) is 18.5 Å². The van der Waals surface area contributed by atoms with Crippen LogP contribution in [0, 0.1) is 0 Å². The Morgan fingerprint density at radius 2 is 2.08 bits per heavy atom. The minimum absolute atomic E-state index is 0.0240. The lowest BCUT2D eigenvalue weighted by Crippen LogP contribution is -2.33. The van der Waals surface area contributed by atoms with Gasteiger partial charge in [0.15, 0.2) is 17.5 Å². The normalized spacial score (nSPS) is 11.8. The highest BCUT2D eigenvalue weighted by Crippen LogP contribution is 2.26. The van der Waals surface area contributed by atoms with Gasteiger partial charge in [-0.2, -0.15) is 0 Å². The number of aliphatic imine (C=N–C) groups is 1. The van der Waals surface area contributed by atoms with Crippen molar-refractivity contribution in [3.8, 4) is 11.5 Å². The molecule has 1 rings (SSSR count). The third-order valence-electron chi connectivity index (χ3n) is 3.09. The highest BCUT2D eigenvalue weighted by atomic mass is 16.6. The molecule has 136 valence electrons. The van der Waals surface area contributed by atoms with Crippen molar-refractivity contribution in [2.45, 2.75) is 18.9 Å². The Bertz CT molecular complexity index is 668. The van der Waals surface area contributed by atoms with Crippen LogP contribution in [0.15, 0.2) is 29.3 Å². The molecule has 0 bridgehead atoms. The largest absolute Gasteiger partial charge is 0.504 e. The summed E-state index contributed by atoms with van der Waals surface area (Å²) in [6.45, 7) is 0.333. The molecule has 1 aromatic carbocycles. The number of esters is 2. The number of phenolic OH excluding ortho intramolecular Hbond substituents is 1. The number of hydrogen-bond donors (Lipinski definition) is 4. The van der Waals surface area contributed by atoms with Crippen LogP contribution in [0.25, 0.3) is 6.08 Å². The molecule has 0 saturated heterocycles. The summed E-state index contributed by atoms with van der Waals surface area (Å²) in [4.78, 5) is 27.1. The van der Waals surface area contributed by atoms with Crippen LogP contribution in [0.3, 0.4) is 0 Å². The average molecular weight is 350 g/mol. The minimum Gasteiger partial charge on any atom is -0.504 e. The maximum Gasteiger partial charge on any atom is 0.338 e. The van der Waals surface area contributed by atoms with Crippen molar-refractivity contribution < 1.29 is 24.2 Å². The quantitative estimate of drug-likeness (QED) is 0.126. The molecule has 0 unspecified atom stereocenters. The van der Waals surface area contributed by atoms with Crippen LogP contribution in [-0.2, 0) is 14.3 Å². The summed E-state index contributed by atoms with van der Waals surface area (Å²) in [6.07, 6.45) is 3.25. The molecule has 0 amide bonds. The Hall–Kier alpha value is -3.07. The van der Waals surface area contributed by atoms with Crippen LogP contribution in [0.1, 0.15) is 18.4 Å². The van der Waals surface area contributed by atoms with Crippen molar-refractivity contribution in [1.82, 2.24) is 0 Å². The molecule has 0 aliphatic carbocycles. The van der Waals surface area contributed by atoms with E-state index in [9.17, 15) is 14.7 Å². The van der Waals surface area contributed by atoms with Gasteiger partial charge >= 0.3 is 11.9 Å². The van der Waals surface area contributed by atoms with Crippen LogP contribution >= 0.6 is 0 Å². The number of benzene rings is 1. The molecule has 0 saturated carbocycles. The number of carbonyl (C=O) groups is 2. The van der Waals surface area contributed by atoms with Crippen molar-refractivity contribution in [1.29, 1.82) is 0 Å². The highest BCUT2D eigenvalue weighted by molar-refractivity contribution is 5.96. The predicted octanol–water partition coefficient (Wildman–Crippen LogP) is -0.135. The first kappa shape index (κ1) is 20.0. The first-order valence-corrected chi connectivity index (χ1v) is 7.45. The Kier molecular flexibility index (Phi) is 7.94. The van der Waals surface area contributed by atoms with Crippen molar-refractivity contribution in [3.05, 3.63) is 29.8 Å². The van der Waals surface area contributed by atoms with Gasteiger partial charge in [0.1, 0.15) is 6.04 Å². The maximum atomic E-state index is 11.7. The fourth-order valence-electron chi connectivity index (χ4n) is 1.81. The van der Waals surface area contributed by atoms with Gasteiger partial charge in [0.05, 0.1) is 7.11 Å². The summed E-state index contributed by atoms with van der Waals surface area (Å²) in [5.74, 6) is -1.49. The van der Waals surface area contributed by atoms with E-state index in [0.717, 1.165) is 6.08 Å². The van der Waals surface area contributed by atoms with Gasteiger partial charge in [-0.15, -0.1) is 0 Å². The Balaban J connectivity index is 2.49. The topological polar surface area (TPSA) is 163 Å². The summed E-state index contributed by atoms with van der Waals surface area (Å²) in [6, 6.07) is 3.57. The standard InChI is InChI=1S/C16H22N4O5/c1-24-13-9-10(4-6-12(13)21)5-7-14(22)25-15(23)11(17)3-2-8-20-16(18)19/h4-7,9,11,21H,2-3,8,17H2,1H3,(H4,18,19,20)/t11-/m0/s1. The molecule has 9 nitrogen and oxygen atoms in total. The molecular formula is C16H22N4O5. The number of ether oxygens (including phenoxy) is 2. The second kappa shape index (κ2) is 9.93. The fraction of sp³-hybridized carbons (Fsp3) is 0.312. The van der Waals surface area contributed by atoms with Crippen molar-refractivity contribution in [2.24, 2.45) is 22.2 Å². The van der Waals surface area contributed by atoms with E-state index < -0.39 is 18.0 Å². The number of rotatable bonds is 8. The minimum atomic E-state index is -0.944. The third kappa shape index (κ3) is 7.36. The monoisotopic (exact) mass is 350 g/mol. The maximum absolute atomic E-state index is 11.7. The SMILES string of the molecule is COc1cc(C=CC(=O)OC(=O)[C@@H](N)CCCN=C(N)N)ccc1O. The second-order valence-corrected chi connectivity index (χ2v) is 5.06. The summed E-state index contributed by atoms with van der Waals surface area (Å²) in [5.41, 5.74) is 16.6. The summed E-state index contributed by atoms with van der Waals surface area (Å²) in [7, 11) is 1.41. The van der Waals surface area contributed by atoms with Gasteiger partial charge in [-0.3, -0.25) is 4.99 Å². The molecule has 0 heterocycles. The predicted molar refractivity (Wildman–Crippen MR) is 92.7 cm³/mol. The fourth-order valence-corrected chi connectivity index (χ4v) is 1.81. The highest BCUT2D eigenvalue weighted by Gasteiger charge is 2.17. The van der Waals surface area contributed by atoms with E-state index in [2.05, 4.69) is 9.73 Å². The number of carbonyl (C=O) groups excluding carboxylic acids is 2. The van der Waals surface area contributed by atoms with E-state index >= 15 is 0 Å². The zero-order valence-electron chi connectivity index (χ0n) is 13.8. The molecule has 0 aliphatic heterocycles. The molecule has 9 heteroatoms. The number of hydrogen-bond acceptors (Lipinski definition) is 7. The van der Waals surface area contributed by atoms with Gasteiger partial charge in [0.2, 0.25) is 0 Å². The van der Waals surface area contributed by atoms with E-state index in [-0.39, 0.29) is 23.9 Å². The number of aromatic hydroxyl groups is 1. The van der Waals surface area contributed by atoms with Gasteiger partial charge < -0.3 is 31.8 Å². The lowest BCUT2D eigenvalue weighted by atomic mass is 10.1. The Morgan fingerprint density at radius 1 is 1.36 bits per heavy atom. The van der Waals surface area contributed by atoms with Gasteiger partial charge in [0, 0.05) is 12.6 Å². The molecule has 0 spiro atoms. The number of phenols is 1. The molecule has 0 aromatic heterocycles. The van der Waals surface area contributed by atoms with Crippen LogP contribution < -0.4 is 21.9 Å². The lowest BCUT2D eigenvalue weighted by Gasteiger charge is -2.08. The number of nitrogens with zero attached hydrogens (tertiary/aromatic N) is 1. The molecule has 0 fully saturated rings. The third-order valence-corrected chi connectivity index (χ3v) is 3.09. The molecule has 7 N–H and O–H groups in total. The van der Waals surface area contributed by atoms with Crippen LogP contribution in [-0.4, -0.2) is 42.7 Å². The summed E-state index contributed by atoms with van der Waals surface area (Å²) in [5, 5.41) is 9.49. The van der Waals surface area contributed by atoms with Gasteiger partial charge in [-0.25, -0.2) is 9.59 Å².